The molecule has 4 heteroatoms. The van der Waals surface area contributed by atoms with Crippen molar-refractivity contribution in [1.82, 2.24) is 15.1 Å². The second-order valence-corrected chi connectivity index (χ2v) is 8.30. The highest BCUT2D eigenvalue weighted by Crippen LogP contribution is 2.52. The van der Waals surface area contributed by atoms with Crippen molar-refractivity contribution < 1.29 is 4.79 Å². The number of likely N-dealkylation sites (tertiary alicyclic amines) is 2. The zero-order chi connectivity index (χ0) is 15.6. The van der Waals surface area contributed by atoms with Crippen molar-refractivity contribution >= 4 is 5.91 Å². The predicted octanol–water partition coefficient (Wildman–Crippen LogP) is 1.70. The molecule has 3 heterocycles. The maximum Gasteiger partial charge on any atom is 0.240 e. The zero-order valence-corrected chi connectivity index (χ0v) is 14.4. The molecule has 1 N–H and O–H groups in total. The minimum Gasteiger partial charge on any atom is -0.354 e. The van der Waals surface area contributed by atoms with Crippen LogP contribution in [0.25, 0.3) is 0 Å². The Morgan fingerprint density at radius 1 is 1.33 bits per heavy atom. The van der Waals surface area contributed by atoms with E-state index < -0.39 is 0 Å². The Morgan fingerprint density at radius 3 is 2.48 bits per heavy atom. The topological polar surface area (TPSA) is 35.6 Å². The first-order valence-electron chi connectivity index (χ1n) is 8.48. The zero-order valence-electron chi connectivity index (χ0n) is 14.4. The van der Waals surface area contributed by atoms with Crippen LogP contribution in [0.4, 0.5) is 0 Å². The maximum atomic E-state index is 12.5. The number of hydrogen-bond acceptors (Lipinski definition) is 3. The summed E-state index contributed by atoms with van der Waals surface area (Å²) >= 11 is 0. The van der Waals surface area contributed by atoms with E-state index in [1.807, 2.05) is 0 Å². The van der Waals surface area contributed by atoms with Gasteiger partial charge in [-0.3, -0.25) is 14.6 Å². The minimum absolute atomic E-state index is 0.255. The van der Waals surface area contributed by atoms with Gasteiger partial charge < -0.3 is 5.32 Å². The van der Waals surface area contributed by atoms with Gasteiger partial charge in [-0.15, -0.1) is 0 Å². The summed E-state index contributed by atoms with van der Waals surface area (Å²) in [5.41, 5.74) is 0.00542. The smallest absolute Gasteiger partial charge is 0.240 e. The van der Waals surface area contributed by atoms with Gasteiger partial charge in [0.25, 0.3) is 0 Å². The van der Waals surface area contributed by atoms with Gasteiger partial charge >= 0.3 is 0 Å². The number of rotatable bonds is 2. The summed E-state index contributed by atoms with van der Waals surface area (Å²) in [4.78, 5) is 17.5. The van der Waals surface area contributed by atoms with E-state index in [4.69, 9.17) is 0 Å². The monoisotopic (exact) mass is 293 g/mol. The molecule has 5 unspecified atom stereocenters. The number of fused-ring (bicyclic) bond motifs is 1. The Hall–Kier alpha value is -0.610. The second kappa shape index (κ2) is 4.69. The lowest BCUT2D eigenvalue weighted by Crippen LogP contribution is -2.55. The molecule has 3 rings (SSSR count). The van der Waals surface area contributed by atoms with Crippen LogP contribution in [0.15, 0.2) is 0 Å². The molecule has 3 aliphatic rings. The number of nitrogens with zero attached hydrogens (tertiary/aromatic N) is 2. The fourth-order valence-corrected chi connectivity index (χ4v) is 5.78. The summed E-state index contributed by atoms with van der Waals surface area (Å²) in [6.07, 6.45) is 3.38. The number of carbonyl (C=O) groups is 1. The first kappa shape index (κ1) is 15.3. The molecular weight excluding hydrogens is 262 g/mol. The molecular formula is C17H31N3O. The molecule has 1 spiro atoms. The van der Waals surface area contributed by atoms with Gasteiger partial charge in [-0.2, -0.15) is 0 Å². The van der Waals surface area contributed by atoms with Gasteiger partial charge in [-0.25, -0.2) is 0 Å². The van der Waals surface area contributed by atoms with E-state index in [9.17, 15) is 4.79 Å². The molecule has 4 nitrogen and oxygen atoms in total. The number of hydrogen-bond donors (Lipinski definition) is 1. The van der Waals surface area contributed by atoms with Gasteiger partial charge in [0.2, 0.25) is 5.91 Å². The van der Waals surface area contributed by atoms with Crippen molar-refractivity contribution in [2.75, 3.05) is 20.6 Å². The fraction of sp³-hybridized carbons (Fsp3) is 0.941. The van der Waals surface area contributed by atoms with Crippen molar-refractivity contribution in [3.8, 4) is 0 Å². The van der Waals surface area contributed by atoms with Crippen LogP contribution in [0.3, 0.4) is 0 Å². The van der Waals surface area contributed by atoms with Crippen LogP contribution in [0, 0.1) is 11.8 Å². The molecule has 0 saturated carbocycles. The van der Waals surface area contributed by atoms with Crippen LogP contribution >= 0.6 is 0 Å². The van der Waals surface area contributed by atoms with Crippen molar-refractivity contribution in [3.05, 3.63) is 0 Å². The summed E-state index contributed by atoms with van der Waals surface area (Å²) in [5.74, 6) is 1.36. The highest BCUT2D eigenvalue weighted by atomic mass is 16.2. The Morgan fingerprint density at radius 2 is 2.00 bits per heavy atom. The summed E-state index contributed by atoms with van der Waals surface area (Å²) in [7, 11) is 4.46. The molecule has 0 bridgehead atoms. The Labute approximate surface area is 129 Å². The maximum absolute atomic E-state index is 12.5. The first-order valence-corrected chi connectivity index (χ1v) is 8.48. The SMILES string of the molecule is CC(C)CC1(C)CC2C(C(C)C3(CCNC3=O)N2C)N1C. The van der Waals surface area contributed by atoms with Crippen LogP contribution in [0.1, 0.15) is 47.0 Å². The number of carbonyl (C=O) groups excluding carboxylic acids is 1. The van der Waals surface area contributed by atoms with Gasteiger partial charge in [0.15, 0.2) is 0 Å². The molecule has 1 amide bonds. The van der Waals surface area contributed by atoms with Crippen LogP contribution in [-0.4, -0.2) is 59.5 Å². The number of nitrogens with one attached hydrogen (secondary N) is 1. The van der Waals surface area contributed by atoms with Gasteiger partial charge in [0, 0.05) is 30.1 Å². The van der Waals surface area contributed by atoms with E-state index in [-0.39, 0.29) is 17.0 Å². The Bertz CT molecular complexity index is 451. The third kappa shape index (κ3) is 1.84. The van der Waals surface area contributed by atoms with Crippen molar-refractivity contribution in [2.45, 2.75) is 70.1 Å². The molecule has 3 aliphatic heterocycles. The lowest BCUT2D eigenvalue weighted by atomic mass is 9.81. The summed E-state index contributed by atoms with van der Waals surface area (Å²) < 4.78 is 0. The van der Waals surface area contributed by atoms with Crippen molar-refractivity contribution in [1.29, 1.82) is 0 Å². The summed E-state index contributed by atoms with van der Waals surface area (Å²) in [5, 5.41) is 3.07. The van der Waals surface area contributed by atoms with E-state index in [1.165, 1.54) is 12.8 Å². The van der Waals surface area contributed by atoms with E-state index in [0.717, 1.165) is 13.0 Å². The third-order valence-electron chi connectivity index (χ3n) is 6.77. The number of likely N-dealkylation sites (N-methyl/N-ethyl adjacent to an activating group) is 2. The Balaban J connectivity index is 1.91. The van der Waals surface area contributed by atoms with Gasteiger partial charge in [0.05, 0.1) is 0 Å². The van der Waals surface area contributed by atoms with Crippen LogP contribution in [0.2, 0.25) is 0 Å². The molecule has 3 saturated heterocycles. The average molecular weight is 293 g/mol. The first-order chi connectivity index (χ1) is 9.74. The van der Waals surface area contributed by atoms with E-state index in [2.05, 4.69) is 56.9 Å². The van der Waals surface area contributed by atoms with Crippen LogP contribution < -0.4 is 5.32 Å². The third-order valence-corrected chi connectivity index (χ3v) is 6.77. The normalized spacial score (nSPS) is 47.6. The predicted molar refractivity (Wildman–Crippen MR) is 85.1 cm³/mol. The molecule has 0 aromatic heterocycles. The van der Waals surface area contributed by atoms with E-state index >= 15 is 0 Å². The Kier molecular flexibility index (Phi) is 3.42. The highest BCUT2D eigenvalue weighted by Gasteiger charge is 2.66. The molecule has 0 aliphatic carbocycles. The molecule has 5 atom stereocenters. The molecule has 21 heavy (non-hydrogen) atoms. The largest absolute Gasteiger partial charge is 0.354 e. The van der Waals surface area contributed by atoms with Gasteiger partial charge in [0.1, 0.15) is 5.54 Å². The standard InChI is InChI=1S/C17H31N3O/c1-11(2)9-16(4)10-13-14(20(16)6)12(3)17(19(13)5)7-8-18-15(17)21/h11-14H,7-10H2,1-6H3,(H,18,21). The second-order valence-electron chi connectivity index (χ2n) is 8.30. The van der Waals surface area contributed by atoms with Crippen molar-refractivity contribution in [3.63, 3.8) is 0 Å². The molecule has 0 radical (unpaired) electrons. The minimum atomic E-state index is -0.261. The van der Waals surface area contributed by atoms with Crippen LogP contribution in [0.5, 0.6) is 0 Å². The average Bonchev–Trinajstić information content (AvgIpc) is 2.94. The molecule has 3 fully saturated rings. The number of amides is 1. The lowest BCUT2D eigenvalue weighted by molar-refractivity contribution is -0.130. The molecule has 0 aromatic rings. The van der Waals surface area contributed by atoms with Crippen molar-refractivity contribution in [2.24, 2.45) is 11.8 Å². The quantitative estimate of drug-likeness (QED) is 0.842. The summed E-state index contributed by atoms with van der Waals surface area (Å²) in [6, 6.07) is 1.01. The lowest BCUT2D eigenvalue weighted by Gasteiger charge is -2.42. The van der Waals surface area contributed by atoms with E-state index in [1.54, 1.807) is 0 Å². The van der Waals surface area contributed by atoms with Gasteiger partial charge in [-0.05, 0) is 46.2 Å². The fourth-order valence-electron chi connectivity index (χ4n) is 5.78. The van der Waals surface area contributed by atoms with E-state index in [0.29, 0.717) is 23.9 Å². The summed E-state index contributed by atoms with van der Waals surface area (Å²) in [6.45, 7) is 10.2. The highest BCUT2D eigenvalue weighted by molar-refractivity contribution is 5.89. The van der Waals surface area contributed by atoms with Gasteiger partial charge in [-0.1, -0.05) is 20.8 Å². The molecule has 120 valence electrons. The molecule has 0 aromatic carbocycles. The van der Waals surface area contributed by atoms with Crippen LogP contribution in [-0.2, 0) is 4.79 Å².